The largest absolute Gasteiger partial charge is 0.493 e. The number of rotatable bonds is 9. The van der Waals surface area contributed by atoms with E-state index in [0.717, 1.165) is 29.0 Å². The highest BCUT2D eigenvalue weighted by molar-refractivity contribution is 6.30. The molecule has 0 atom stereocenters. The number of aryl methyl sites for hydroxylation is 1. The first kappa shape index (κ1) is 20.5. The van der Waals surface area contributed by atoms with Crippen molar-refractivity contribution in [3.63, 3.8) is 0 Å². The van der Waals surface area contributed by atoms with E-state index < -0.39 is 0 Å². The predicted octanol–water partition coefficient (Wildman–Crippen LogP) is 5.15. The van der Waals surface area contributed by atoms with Crippen LogP contribution in [0.15, 0.2) is 60.8 Å². The summed E-state index contributed by atoms with van der Waals surface area (Å²) in [6.45, 7) is 2.65. The summed E-state index contributed by atoms with van der Waals surface area (Å²) in [5.41, 5.74) is 2.63. The van der Waals surface area contributed by atoms with Gasteiger partial charge in [-0.3, -0.25) is 4.98 Å². The maximum absolute atomic E-state index is 8.80. The molecule has 29 heavy (non-hydrogen) atoms. The third-order valence-electron chi connectivity index (χ3n) is 4.15. The number of nitriles is 1. The lowest BCUT2D eigenvalue weighted by atomic mass is 10.1. The molecule has 5 nitrogen and oxygen atoms in total. The van der Waals surface area contributed by atoms with Crippen LogP contribution in [0.25, 0.3) is 0 Å². The monoisotopic (exact) mass is 408 g/mol. The maximum Gasteiger partial charge on any atom is 0.174 e. The van der Waals surface area contributed by atoms with Crippen LogP contribution in [0.4, 0.5) is 0 Å². The van der Waals surface area contributed by atoms with Crippen molar-refractivity contribution in [2.75, 3.05) is 13.2 Å². The van der Waals surface area contributed by atoms with Crippen LogP contribution in [0.3, 0.4) is 0 Å². The van der Waals surface area contributed by atoms with E-state index in [1.54, 1.807) is 18.3 Å². The first-order chi connectivity index (χ1) is 14.2. The van der Waals surface area contributed by atoms with Gasteiger partial charge in [0.1, 0.15) is 29.9 Å². The average Bonchev–Trinajstić information content (AvgIpc) is 2.72. The summed E-state index contributed by atoms with van der Waals surface area (Å²) in [4.78, 5) is 4.29. The second-order valence-corrected chi connectivity index (χ2v) is 6.78. The molecule has 2 aromatic carbocycles. The Kier molecular flexibility index (Phi) is 7.32. The molecule has 0 saturated carbocycles. The average molecular weight is 409 g/mol. The summed E-state index contributed by atoms with van der Waals surface area (Å²) in [7, 11) is 0. The Balaban J connectivity index is 1.61. The number of aromatic nitrogens is 1. The summed E-state index contributed by atoms with van der Waals surface area (Å²) in [6.07, 6.45) is 2.50. The molecule has 0 spiro atoms. The van der Waals surface area contributed by atoms with Crippen LogP contribution in [0.1, 0.15) is 16.8 Å². The van der Waals surface area contributed by atoms with Crippen LogP contribution in [0.2, 0.25) is 5.02 Å². The van der Waals surface area contributed by atoms with Gasteiger partial charge in [0.25, 0.3) is 0 Å². The minimum atomic E-state index is -0.0327. The number of pyridine rings is 1. The highest BCUT2D eigenvalue weighted by Gasteiger charge is 2.11. The van der Waals surface area contributed by atoms with Gasteiger partial charge in [0.2, 0.25) is 0 Å². The molecular weight excluding hydrogens is 388 g/mol. The molecule has 0 amide bonds. The normalized spacial score (nSPS) is 10.2. The van der Waals surface area contributed by atoms with Crippen molar-refractivity contribution in [3.05, 3.63) is 82.6 Å². The van der Waals surface area contributed by atoms with Gasteiger partial charge in [0.15, 0.2) is 6.61 Å². The van der Waals surface area contributed by atoms with E-state index >= 15 is 0 Å². The van der Waals surface area contributed by atoms with Crippen molar-refractivity contribution in [2.45, 2.75) is 20.0 Å². The van der Waals surface area contributed by atoms with Gasteiger partial charge in [-0.1, -0.05) is 23.7 Å². The molecule has 3 rings (SSSR count). The van der Waals surface area contributed by atoms with Crippen LogP contribution >= 0.6 is 11.6 Å². The van der Waals surface area contributed by atoms with Crippen molar-refractivity contribution in [1.29, 1.82) is 5.26 Å². The molecule has 1 heterocycles. The van der Waals surface area contributed by atoms with Crippen LogP contribution in [0, 0.1) is 18.3 Å². The van der Waals surface area contributed by atoms with Crippen molar-refractivity contribution in [1.82, 2.24) is 4.98 Å². The second kappa shape index (κ2) is 10.4. The zero-order chi connectivity index (χ0) is 20.5. The minimum absolute atomic E-state index is 0.0327. The van der Waals surface area contributed by atoms with Crippen molar-refractivity contribution < 1.29 is 14.2 Å². The summed E-state index contributed by atoms with van der Waals surface area (Å²) < 4.78 is 17.3. The van der Waals surface area contributed by atoms with Crippen LogP contribution in [-0.4, -0.2) is 18.2 Å². The number of hydrogen-bond donors (Lipinski definition) is 0. The summed E-state index contributed by atoms with van der Waals surface area (Å²) in [5.74, 6) is 2.02. The molecule has 3 aromatic rings. The van der Waals surface area contributed by atoms with Gasteiger partial charge < -0.3 is 14.2 Å². The van der Waals surface area contributed by atoms with Gasteiger partial charge in [-0.15, -0.1) is 0 Å². The number of halogens is 1. The first-order valence-electron chi connectivity index (χ1n) is 9.20. The van der Waals surface area contributed by atoms with Gasteiger partial charge in [0.05, 0.1) is 6.61 Å². The van der Waals surface area contributed by atoms with Crippen molar-refractivity contribution >= 4 is 11.6 Å². The van der Waals surface area contributed by atoms with Gasteiger partial charge in [-0.2, -0.15) is 5.26 Å². The highest BCUT2D eigenvalue weighted by atomic mass is 35.5. The van der Waals surface area contributed by atoms with E-state index in [2.05, 4.69) is 4.98 Å². The number of hydrogen-bond acceptors (Lipinski definition) is 5. The third-order valence-corrected chi connectivity index (χ3v) is 4.37. The Hall–Kier alpha value is -3.23. The Morgan fingerprint density at radius 3 is 2.59 bits per heavy atom. The van der Waals surface area contributed by atoms with E-state index in [1.165, 1.54) is 0 Å². The topological polar surface area (TPSA) is 64.4 Å². The van der Waals surface area contributed by atoms with Crippen LogP contribution in [0.5, 0.6) is 17.2 Å². The summed E-state index contributed by atoms with van der Waals surface area (Å²) in [5, 5.41) is 9.39. The molecular formula is C23H21ClN2O3. The molecule has 0 aliphatic heterocycles. The standard InChI is InChI=1S/C23H21ClN2O3/c1-17-13-19(24)14-18(23(17)28-12-9-25)16-29-22-7-4-6-21(15-22)27-11-8-20-5-2-3-10-26-20/h2-7,10,13-15H,8,11-12,16H2,1H3. The fourth-order valence-corrected chi connectivity index (χ4v) is 3.15. The van der Waals surface area contributed by atoms with Gasteiger partial charge in [-0.05, 0) is 48.9 Å². The smallest absolute Gasteiger partial charge is 0.174 e. The zero-order valence-corrected chi connectivity index (χ0v) is 16.9. The van der Waals surface area contributed by atoms with E-state index in [4.69, 9.17) is 31.1 Å². The van der Waals surface area contributed by atoms with Crippen molar-refractivity contribution in [3.8, 4) is 23.3 Å². The SMILES string of the molecule is Cc1cc(Cl)cc(COc2cccc(OCCc3ccccn3)c2)c1OCC#N. The van der Waals surface area contributed by atoms with E-state index in [-0.39, 0.29) is 13.2 Å². The Morgan fingerprint density at radius 2 is 1.83 bits per heavy atom. The fourth-order valence-electron chi connectivity index (χ4n) is 2.85. The lowest BCUT2D eigenvalue weighted by molar-refractivity contribution is 0.285. The minimum Gasteiger partial charge on any atom is -0.493 e. The predicted molar refractivity (Wildman–Crippen MR) is 112 cm³/mol. The molecule has 0 fully saturated rings. The molecule has 0 bridgehead atoms. The van der Waals surface area contributed by atoms with E-state index in [1.807, 2.05) is 55.5 Å². The van der Waals surface area contributed by atoms with Crippen LogP contribution in [-0.2, 0) is 13.0 Å². The van der Waals surface area contributed by atoms with E-state index in [0.29, 0.717) is 23.1 Å². The molecule has 0 aliphatic rings. The number of benzene rings is 2. The molecule has 148 valence electrons. The molecule has 6 heteroatoms. The molecule has 1 aromatic heterocycles. The van der Waals surface area contributed by atoms with E-state index in [9.17, 15) is 0 Å². The van der Waals surface area contributed by atoms with Crippen LogP contribution < -0.4 is 14.2 Å². The number of nitrogens with zero attached hydrogens (tertiary/aromatic N) is 2. The Labute approximate surface area is 175 Å². The molecule has 0 unspecified atom stereocenters. The first-order valence-corrected chi connectivity index (χ1v) is 9.58. The molecule has 0 aliphatic carbocycles. The number of ether oxygens (including phenoxy) is 3. The third kappa shape index (κ3) is 6.13. The summed E-state index contributed by atoms with van der Waals surface area (Å²) >= 11 is 6.17. The maximum atomic E-state index is 8.80. The fraction of sp³-hybridized carbons (Fsp3) is 0.217. The lowest BCUT2D eigenvalue weighted by Crippen LogP contribution is -2.04. The quantitative estimate of drug-likeness (QED) is 0.490. The Morgan fingerprint density at radius 1 is 1.00 bits per heavy atom. The Bertz CT molecular complexity index is 987. The summed E-state index contributed by atoms with van der Waals surface area (Å²) in [6, 6.07) is 18.9. The van der Waals surface area contributed by atoms with Gasteiger partial charge in [0, 0.05) is 35.0 Å². The molecule has 0 N–H and O–H groups in total. The second-order valence-electron chi connectivity index (χ2n) is 6.34. The highest BCUT2D eigenvalue weighted by Crippen LogP contribution is 2.29. The van der Waals surface area contributed by atoms with Gasteiger partial charge in [-0.25, -0.2) is 0 Å². The van der Waals surface area contributed by atoms with Crippen molar-refractivity contribution in [2.24, 2.45) is 0 Å². The zero-order valence-electron chi connectivity index (χ0n) is 16.1. The van der Waals surface area contributed by atoms with Gasteiger partial charge >= 0.3 is 0 Å². The molecule has 0 saturated heterocycles. The molecule has 0 radical (unpaired) electrons. The lowest BCUT2D eigenvalue weighted by Gasteiger charge is -2.14.